The van der Waals surface area contributed by atoms with E-state index in [0.717, 1.165) is 15.8 Å². The number of nitrogens with one attached hydrogen (secondary N) is 1. The highest BCUT2D eigenvalue weighted by Crippen LogP contribution is 2.36. The smallest absolute Gasteiger partial charge is 0.321 e. The molecule has 0 saturated carbocycles. The first-order valence-electron chi connectivity index (χ1n) is 5.05. The van der Waals surface area contributed by atoms with Crippen LogP contribution in [0.4, 0.5) is 0 Å². The van der Waals surface area contributed by atoms with E-state index in [2.05, 4.69) is 21.2 Å². The molecule has 1 saturated heterocycles. The third kappa shape index (κ3) is 2.75. The molecule has 6 heteroatoms. The van der Waals surface area contributed by atoms with Crippen molar-refractivity contribution in [3.8, 4) is 5.75 Å². The Labute approximate surface area is 112 Å². The van der Waals surface area contributed by atoms with Gasteiger partial charge in [-0.25, -0.2) is 0 Å². The maximum Gasteiger partial charge on any atom is 0.321 e. The summed E-state index contributed by atoms with van der Waals surface area (Å²) in [5.74, 6) is 0.558. The molecular weight excluding hydrogens is 306 g/mol. The molecule has 1 unspecified atom stereocenters. The van der Waals surface area contributed by atoms with Crippen LogP contribution in [-0.2, 0) is 4.79 Å². The number of methoxy groups -OCH3 is 1. The summed E-state index contributed by atoms with van der Waals surface area (Å²) in [6.07, 6.45) is 0. The zero-order valence-electron chi connectivity index (χ0n) is 9.14. The van der Waals surface area contributed by atoms with Gasteiger partial charge in [0.25, 0.3) is 0 Å². The van der Waals surface area contributed by atoms with Gasteiger partial charge in [0.15, 0.2) is 0 Å². The normalized spacial score (nSPS) is 23.6. The number of carboxylic acids is 1. The largest absolute Gasteiger partial charge is 0.496 e. The number of carboxylic acid groups (broad SMARTS) is 1. The third-order valence-corrected chi connectivity index (χ3v) is 4.45. The Morgan fingerprint density at radius 1 is 1.65 bits per heavy atom. The van der Waals surface area contributed by atoms with Gasteiger partial charge < -0.3 is 9.84 Å². The van der Waals surface area contributed by atoms with Gasteiger partial charge in [0.2, 0.25) is 0 Å². The average Bonchev–Trinajstić information content (AvgIpc) is 2.78. The zero-order chi connectivity index (χ0) is 12.4. The van der Waals surface area contributed by atoms with E-state index in [0.29, 0.717) is 5.75 Å². The van der Waals surface area contributed by atoms with Crippen molar-refractivity contribution >= 4 is 33.7 Å². The first kappa shape index (κ1) is 12.7. The lowest BCUT2D eigenvalue weighted by Crippen LogP contribution is -2.33. The van der Waals surface area contributed by atoms with Gasteiger partial charge in [-0.3, -0.25) is 10.1 Å². The molecule has 2 rings (SSSR count). The number of rotatable bonds is 3. The Morgan fingerprint density at radius 2 is 2.41 bits per heavy atom. The van der Waals surface area contributed by atoms with Gasteiger partial charge in [-0.15, -0.1) is 11.8 Å². The molecule has 0 aliphatic carbocycles. The van der Waals surface area contributed by atoms with Crippen molar-refractivity contribution in [3.05, 3.63) is 28.2 Å². The minimum Gasteiger partial charge on any atom is -0.496 e. The molecule has 4 nitrogen and oxygen atoms in total. The lowest BCUT2D eigenvalue weighted by Gasteiger charge is -2.13. The molecule has 92 valence electrons. The summed E-state index contributed by atoms with van der Waals surface area (Å²) in [4.78, 5) is 10.8. The molecule has 1 aromatic carbocycles. The van der Waals surface area contributed by atoms with Crippen molar-refractivity contribution < 1.29 is 14.6 Å². The second-order valence-corrected chi connectivity index (χ2v) is 5.66. The second-order valence-electron chi connectivity index (χ2n) is 3.66. The molecule has 0 amide bonds. The number of benzene rings is 1. The molecule has 0 aromatic heterocycles. The molecule has 0 spiro atoms. The number of hydrogen-bond acceptors (Lipinski definition) is 4. The van der Waals surface area contributed by atoms with Crippen molar-refractivity contribution in [2.75, 3.05) is 12.9 Å². The van der Waals surface area contributed by atoms with Crippen LogP contribution in [0.2, 0.25) is 0 Å². The van der Waals surface area contributed by atoms with Crippen LogP contribution < -0.4 is 10.1 Å². The van der Waals surface area contributed by atoms with Gasteiger partial charge in [0.05, 0.1) is 17.0 Å². The molecule has 1 aliphatic heterocycles. The van der Waals surface area contributed by atoms with E-state index in [9.17, 15) is 4.79 Å². The predicted molar refractivity (Wildman–Crippen MR) is 70.5 cm³/mol. The fourth-order valence-corrected chi connectivity index (χ4v) is 3.43. The van der Waals surface area contributed by atoms with Gasteiger partial charge in [0.1, 0.15) is 11.8 Å². The Bertz CT molecular complexity index is 441. The molecular formula is C11H12BrNO3S. The summed E-state index contributed by atoms with van der Waals surface area (Å²) in [5, 5.41) is 12.0. The standard InChI is InChI=1S/C11H12BrNO3S/c1-16-9-3-2-6(4-7(9)12)10-13-8(5-17-10)11(14)15/h2-4,8,10,13H,5H2,1H3,(H,14,15)/t8-,10?/m0/s1. The van der Waals surface area contributed by atoms with E-state index >= 15 is 0 Å². The fourth-order valence-electron chi connectivity index (χ4n) is 1.65. The minimum absolute atomic E-state index is 0.0262. The summed E-state index contributed by atoms with van der Waals surface area (Å²) in [6, 6.07) is 5.30. The lowest BCUT2D eigenvalue weighted by atomic mass is 10.2. The molecule has 1 aromatic rings. The highest BCUT2D eigenvalue weighted by atomic mass is 79.9. The maximum atomic E-state index is 10.8. The SMILES string of the molecule is COc1ccc(C2N[C@H](C(=O)O)CS2)cc1Br. The van der Waals surface area contributed by atoms with Crippen LogP contribution >= 0.6 is 27.7 Å². The van der Waals surface area contributed by atoms with E-state index in [1.807, 2.05) is 18.2 Å². The van der Waals surface area contributed by atoms with E-state index in [1.165, 1.54) is 0 Å². The Balaban J connectivity index is 2.14. The number of ether oxygens (including phenoxy) is 1. The van der Waals surface area contributed by atoms with Crippen LogP contribution in [0.5, 0.6) is 5.75 Å². The maximum absolute atomic E-state index is 10.8. The zero-order valence-corrected chi connectivity index (χ0v) is 11.5. The Morgan fingerprint density at radius 3 is 2.94 bits per heavy atom. The Kier molecular flexibility index (Phi) is 3.96. The van der Waals surface area contributed by atoms with E-state index < -0.39 is 12.0 Å². The number of aliphatic carboxylic acids is 1. The Hall–Kier alpha value is -0.720. The van der Waals surface area contributed by atoms with Gasteiger partial charge in [-0.1, -0.05) is 6.07 Å². The molecule has 17 heavy (non-hydrogen) atoms. The molecule has 2 N–H and O–H groups in total. The van der Waals surface area contributed by atoms with Crippen molar-refractivity contribution in [2.24, 2.45) is 0 Å². The topological polar surface area (TPSA) is 58.6 Å². The first-order chi connectivity index (χ1) is 8.11. The summed E-state index contributed by atoms with van der Waals surface area (Å²) >= 11 is 5.02. The van der Waals surface area contributed by atoms with E-state index in [4.69, 9.17) is 9.84 Å². The monoisotopic (exact) mass is 317 g/mol. The van der Waals surface area contributed by atoms with Crippen molar-refractivity contribution in [1.82, 2.24) is 5.32 Å². The van der Waals surface area contributed by atoms with Crippen LogP contribution in [-0.4, -0.2) is 30.0 Å². The average molecular weight is 318 g/mol. The van der Waals surface area contributed by atoms with E-state index in [1.54, 1.807) is 18.9 Å². The van der Waals surface area contributed by atoms with Crippen LogP contribution in [0.15, 0.2) is 22.7 Å². The first-order valence-corrected chi connectivity index (χ1v) is 6.90. The second kappa shape index (κ2) is 5.29. The molecule has 1 fully saturated rings. The lowest BCUT2D eigenvalue weighted by molar-refractivity contribution is -0.138. The van der Waals surface area contributed by atoms with Gasteiger partial charge in [0, 0.05) is 5.75 Å². The van der Waals surface area contributed by atoms with Crippen molar-refractivity contribution in [2.45, 2.75) is 11.4 Å². The summed E-state index contributed by atoms with van der Waals surface area (Å²) in [5.41, 5.74) is 1.05. The number of halogens is 1. The molecule has 1 heterocycles. The van der Waals surface area contributed by atoms with Gasteiger partial charge >= 0.3 is 5.97 Å². The van der Waals surface area contributed by atoms with Crippen LogP contribution in [0.3, 0.4) is 0 Å². The number of hydrogen-bond donors (Lipinski definition) is 2. The highest BCUT2D eigenvalue weighted by Gasteiger charge is 2.30. The van der Waals surface area contributed by atoms with Gasteiger partial charge in [-0.2, -0.15) is 0 Å². The van der Waals surface area contributed by atoms with Crippen molar-refractivity contribution in [1.29, 1.82) is 0 Å². The minimum atomic E-state index is -0.799. The third-order valence-electron chi connectivity index (χ3n) is 2.56. The number of carbonyl (C=O) groups is 1. The summed E-state index contributed by atoms with van der Waals surface area (Å²) in [6.45, 7) is 0. The molecule has 1 aliphatic rings. The van der Waals surface area contributed by atoms with Gasteiger partial charge in [-0.05, 0) is 33.6 Å². The fraction of sp³-hybridized carbons (Fsp3) is 0.364. The summed E-state index contributed by atoms with van der Waals surface area (Å²) in [7, 11) is 1.61. The van der Waals surface area contributed by atoms with Crippen LogP contribution in [0.1, 0.15) is 10.9 Å². The summed E-state index contributed by atoms with van der Waals surface area (Å²) < 4.78 is 6.03. The molecule has 2 atom stereocenters. The quantitative estimate of drug-likeness (QED) is 0.895. The van der Waals surface area contributed by atoms with Crippen LogP contribution in [0, 0.1) is 0 Å². The van der Waals surface area contributed by atoms with Crippen molar-refractivity contribution in [3.63, 3.8) is 0 Å². The van der Waals surface area contributed by atoms with Crippen LogP contribution in [0.25, 0.3) is 0 Å². The molecule has 0 bridgehead atoms. The van der Waals surface area contributed by atoms with E-state index in [-0.39, 0.29) is 5.37 Å². The highest BCUT2D eigenvalue weighted by molar-refractivity contribution is 9.10. The predicted octanol–water partition coefficient (Wildman–Crippen LogP) is 2.25. The molecule has 0 radical (unpaired) electrons. The number of thioether (sulfide) groups is 1.